The van der Waals surface area contributed by atoms with Gasteiger partial charge in [0.25, 0.3) is 0 Å². The van der Waals surface area contributed by atoms with Gasteiger partial charge in [0.15, 0.2) is 0 Å². The third-order valence-electron chi connectivity index (χ3n) is 3.50. The molecule has 5 nitrogen and oxygen atoms in total. The number of methoxy groups -OCH3 is 1. The van der Waals surface area contributed by atoms with Crippen molar-refractivity contribution in [2.24, 2.45) is 11.3 Å². The van der Waals surface area contributed by atoms with Gasteiger partial charge in [-0.25, -0.2) is 0 Å². The van der Waals surface area contributed by atoms with E-state index in [4.69, 9.17) is 0 Å². The van der Waals surface area contributed by atoms with Crippen molar-refractivity contribution >= 4 is 16.1 Å². The van der Waals surface area contributed by atoms with Crippen LogP contribution in [0.5, 0.6) is 0 Å². The third kappa shape index (κ3) is 2.14. The maximum absolute atomic E-state index is 12.3. The number of rotatable bonds is 3. The zero-order valence-corrected chi connectivity index (χ0v) is 10.6. The van der Waals surface area contributed by atoms with Crippen molar-refractivity contribution in [3.63, 3.8) is 0 Å². The zero-order valence-electron chi connectivity index (χ0n) is 9.81. The molecule has 108 valence electrons. The molecule has 19 heavy (non-hydrogen) atoms. The fraction of sp³-hybridized carbons (Fsp3) is 0.700. The standard InChI is InChI=1S/C10H11F3O5S/c1-17-8(14)6-5-9(3-2-4-9)7(6)18-19(15,16)10(11,12)13/h2-3,6-7H,4-5H2,1H3. The fourth-order valence-corrected chi connectivity index (χ4v) is 3.08. The number of esters is 1. The summed E-state index contributed by atoms with van der Waals surface area (Å²) in [5.74, 6) is -1.76. The van der Waals surface area contributed by atoms with E-state index in [1.807, 2.05) is 0 Å². The van der Waals surface area contributed by atoms with Crippen molar-refractivity contribution in [3.8, 4) is 0 Å². The summed E-state index contributed by atoms with van der Waals surface area (Å²) >= 11 is 0. The van der Waals surface area contributed by atoms with Gasteiger partial charge in [-0.15, -0.1) is 0 Å². The predicted octanol–water partition coefficient (Wildman–Crippen LogP) is 1.36. The van der Waals surface area contributed by atoms with Gasteiger partial charge in [-0.3, -0.25) is 8.98 Å². The van der Waals surface area contributed by atoms with Gasteiger partial charge in [0.1, 0.15) is 6.10 Å². The molecule has 0 aromatic rings. The summed E-state index contributed by atoms with van der Waals surface area (Å²) in [7, 11) is -4.64. The highest BCUT2D eigenvalue weighted by atomic mass is 32.2. The molecule has 0 N–H and O–H groups in total. The van der Waals surface area contributed by atoms with Crippen LogP contribution in [0.25, 0.3) is 0 Å². The summed E-state index contributed by atoms with van der Waals surface area (Å²) in [5, 5.41) is 0. The van der Waals surface area contributed by atoms with Gasteiger partial charge in [-0.2, -0.15) is 21.6 Å². The molecule has 1 saturated carbocycles. The van der Waals surface area contributed by atoms with Gasteiger partial charge in [0.2, 0.25) is 0 Å². The van der Waals surface area contributed by atoms with Crippen LogP contribution in [0, 0.1) is 11.3 Å². The van der Waals surface area contributed by atoms with E-state index >= 15 is 0 Å². The lowest BCUT2D eigenvalue weighted by Crippen LogP contribution is -2.59. The second kappa shape index (κ2) is 4.20. The lowest BCUT2D eigenvalue weighted by molar-refractivity contribution is -0.168. The van der Waals surface area contributed by atoms with E-state index < -0.39 is 39.0 Å². The van der Waals surface area contributed by atoms with Crippen molar-refractivity contribution < 1.29 is 35.3 Å². The van der Waals surface area contributed by atoms with Gasteiger partial charge in [-0.05, 0) is 12.8 Å². The monoisotopic (exact) mass is 300 g/mol. The molecule has 0 aromatic heterocycles. The summed E-state index contributed by atoms with van der Waals surface area (Å²) in [4.78, 5) is 11.4. The summed E-state index contributed by atoms with van der Waals surface area (Å²) in [6.07, 6.45) is 2.52. The van der Waals surface area contributed by atoms with E-state index in [0.717, 1.165) is 7.11 Å². The van der Waals surface area contributed by atoms with E-state index in [1.54, 1.807) is 12.2 Å². The second-order valence-corrected chi connectivity index (χ2v) is 6.15. The summed E-state index contributed by atoms with van der Waals surface area (Å²) in [6, 6.07) is 0. The minimum Gasteiger partial charge on any atom is -0.469 e. The first-order valence-corrected chi connectivity index (χ1v) is 6.79. The molecule has 0 saturated heterocycles. The smallest absolute Gasteiger partial charge is 0.469 e. The Balaban J connectivity index is 2.20. The Labute approximate surface area is 107 Å². The molecule has 3 atom stereocenters. The highest BCUT2D eigenvalue weighted by molar-refractivity contribution is 7.87. The molecule has 0 aliphatic heterocycles. The molecular weight excluding hydrogens is 289 g/mol. The van der Waals surface area contributed by atoms with Crippen LogP contribution in [-0.2, 0) is 23.8 Å². The van der Waals surface area contributed by atoms with Gasteiger partial charge >= 0.3 is 21.6 Å². The maximum atomic E-state index is 12.3. The van der Waals surface area contributed by atoms with Crippen LogP contribution < -0.4 is 0 Å². The van der Waals surface area contributed by atoms with Gasteiger partial charge < -0.3 is 4.74 Å². The van der Waals surface area contributed by atoms with Crippen LogP contribution in [0.4, 0.5) is 13.2 Å². The van der Waals surface area contributed by atoms with Crippen molar-refractivity contribution in [2.45, 2.75) is 24.5 Å². The average Bonchev–Trinajstić information content (AvgIpc) is 2.20. The first kappa shape index (κ1) is 14.3. The molecular formula is C10H11F3O5S. The molecule has 2 rings (SSSR count). The molecule has 0 heterocycles. The Morgan fingerprint density at radius 3 is 2.37 bits per heavy atom. The average molecular weight is 300 g/mol. The summed E-state index contributed by atoms with van der Waals surface area (Å²) in [6.45, 7) is 0. The Kier molecular flexibility index (Phi) is 3.17. The highest BCUT2D eigenvalue weighted by Crippen LogP contribution is 2.57. The Morgan fingerprint density at radius 1 is 1.42 bits per heavy atom. The molecule has 1 fully saturated rings. The van der Waals surface area contributed by atoms with E-state index in [-0.39, 0.29) is 6.42 Å². The normalized spacial score (nSPS) is 33.7. The number of hydrogen-bond donors (Lipinski definition) is 0. The molecule has 1 spiro atoms. The van der Waals surface area contributed by atoms with Crippen LogP contribution in [0.1, 0.15) is 12.8 Å². The van der Waals surface area contributed by atoms with Gasteiger partial charge in [-0.1, -0.05) is 12.2 Å². The number of halogens is 3. The molecule has 0 bridgehead atoms. The maximum Gasteiger partial charge on any atom is 0.523 e. The molecule has 9 heteroatoms. The lowest BCUT2D eigenvalue weighted by Gasteiger charge is -2.54. The SMILES string of the molecule is COC(=O)C1CC2(C=CC2)C1OS(=O)(=O)C(F)(F)F. The van der Waals surface area contributed by atoms with Crippen molar-refractivity contribution in [1.29, 1.82) is 0 Å². The third-order valence-corrected chi connectivity index (χ3v) is 4.53. The molecule has 0 radical (unpaired) electrons. The van der Waals surface area contributed by atoms with Crippen LogP contribution in [0.3, 0.4) is 0 Å². The van der Waals surface area contributed by atoms with Crippen molar-refractivity contribution in [1.82, 2.24) is 0 Å². The minimum atomic E-state index is -5.72. The molecule has 2 aliphatic rings. The Morgan fingerprint density at radius 2 is 2.00 bits per heavy atom. The van der Waals surface area contributed by atoms with Crippen LogP contribution >= 0.6 is 0 Å². The van der Waals surface area contributed by atoms with Gasteiger partial charge in [0.05, 0.1) is 13.0 Å². The second-order valence-electron chi connectivity index (χ2n) is 4.59. The van der Waals surface area contributed by atoms with Crippen LogP contribution in [-0.4, -0.2) is 33.1 Å². The molecule has 0 aromatic carbocycles. The van der Waals surface area contributed by atoms with E-state index in [1.165, 1.54) is 0 Å². The van der Waals surface area contributed by atoms with E-state index in [9.17, 15) is 26.4 Å². The van der Waals surface area contributed by atoms with E-state index in [0.29, 0.717) is 6.42 Å². The molecule has 0 amide bonds. The lowest BCUT2D eigenvalue weighted by atomic mass is 9.54. The van der Waals surface area contributed by atoms with Crippen molar-refractivity contribution in [2.75, 3.05) is 7.11 Å². The van der Waals surface area contributed by atoms with Gasteiger partial charge in [0, 0.05) is 5.41 Å². The molecule has 3 unspecified atom stereocenters. The summed E-state index contributed by atoms with van der Waals surface area (Å²) in [5.41, 5.74) is -6.30. The zero-order chi connectivity index (χ0) is 14.5. The minimum absolute atomic E-state index is 0.230. The number of ether oxygens (including phenoxy) is 1. The largest absolute Gasteiger partial charge is 0.523 e. The van der Waals surface area contributed by atoms with Crippen LogP contribution in [0.15, 0.2) is 12.2 Å². The quantitative estimate of drug-likeness (QED) is 0.341. The van der Waals surface area contributed by atoms with Crippen molar-refractivity contribution in [3.05, 3.63) is 12.2 Å². The number of hydrogen-bond acceptors (Lipinski definition) is 5. The van der Waals surface area contributed by atoms with Crippen LogP contribution in [0.2, 0.25) is 0 Å². The number of allylic oxidation sites excluding steroid dienone is 1. The predicted molar refractivity (Wildman–Crippen MR) is 56.2 cm³/mol. The number of alkyl halides is 3. The molecule has 2 aliphatic carbocycles. The van der Waals surface area contributed by atoms with E-state index in [2.05, 4.69) is 8.92 Å². The first-order valence-electron chi connectivity index (χ1n) is 5.38. The fourth-order valence-electron chi connectivity index (χ4n) is 2.37. The topological polar surface area (TPSA) is 69.7 Å². The Bertz CT molecular complexity index is 524. The summed E-state index contributed by atoms with van der Waals surface area (Å²) < 4.78 is 67.6. The number of carbonyl (C=O) groups is 1. The highest BCUT2D eigenvalue weighted by Gasteiger charge is 2.62. The Hall–Kier alpha value is -1.09. The first-order chi connectivity index (χ1) is 8.63. The number of carbonyl (C=O) groups excluding carboxylic acids is 1.